The Morgan fingerprint density at radius 1 is 1.45 bits per heavy atom. The first kappa shape index (κ1) is 10.8. The van der Waals surface area contributed by atoms with Crippen LogP contribution in [-0.2, 0) is 4.79 Å². The van der Waals surface area contributed by atoms with Crippen LogP contribution in [0.2, 0.25) is 0 Å². The zero-order valence-electron chi connectivity index (χ0n) is 7.26. The van der Waals surface area contributed by atoms with Gasteiger partial charge in [-0.05, 0) is 12.8 Å². The average molecular weight is 175 g/mol. The number of amides is 1. The molecule has 0 aromatic rings. The normalized spacial score (nSPS) is 10.2. The summed E-state index contributed by atoms with van der Waals surface area (Å²) in [6, 6.07) is 0. The Bertz CT molecular complexity index is 113. The standard InChI is InChI=1S/C8H17NOS/c1-3-7(4-2)8(10)9-5-6-11/h7,11H,3-6H2,1-2H3,(H,9,10). The highest BCUT2D eigenvalue weighted by atomic mass is 32.1. The van der Waals surface area contributed by atoms with Crippen LogP contribution in [0.15, 0.2) is 0 Å². The molecule has 3 heteroatoms. The second-order valence-corrected chi connectivity index (χ2v) is 2.98. The maximum absolute atomic E-state index is 11.2. The summed E-state index contributed by atoms with van der Waals surface area (Å²) >= 11 is 4.01. The summed E-state index contributed by atoms with van der Waals surface area (Å²) in [5, 5.41) is 2.82. The first-order valence-corrected chi connectivity index (χ1v) is 4.78. The molecule has 0 heterocycles. The third-order valence-corrected chi connectivity index (χ3v) is 1.99. The largest absolute Gasteiger partial charge is 0.355 e. The van der Waals surface area contributed by atoms with Crippen LogP contribution in [0.4, 0.5) is 0 Å². The molecule has 2 nitrogen and oxygen atoms in total. The van der Waals surface area contributed by atoms with E-state index in [1.54, 1.807) is 0 Å². The summed E-state index contributed by atoms with van der Waals surface area (Å²) in [6.07, 6.45) is 1.85. The maximum Gasteiger partial charge on any atom is 0.223 e. The fourth-order valence-electron chi connectivity index (χ4n) is 0.983. The van der Waals surface area contributed by atoms with Crippen molar-refractivity contribution in [1.82, 2.24) is 5.32 Å². The van der Waals surface area contributed by atoms with Crippen molar-refractivity contribution < 1.29 is 4.79 Å². The summed E-state index contributed by atoms with van der Waals surface area (Å²) in [5.74, 6) is 1.07. The van der Waals surface area contributed by atoms with E-state index >= 15 is 0 Å². The number of carbonyl (C=O) groups excluding carboxylic acids is 1. The Balaban J connectivity index is 3.61. The molecule has 0 fully saturated rings. The quantitative estimate of drug-likeness (QED) is 0.609. The van der Waals surface area contributed by atoms with Gasteiger partial charge in [0.05, 0.1) is 0 Å². The summed E-state index contributed by atoms with van der Waals surface area (Å²) in [4.78, 5) is 11.2. The monoisotopic (exact) mass is 175 g/mol. The van der Waals surface area contributed by atoms with Crippen LogP contribution in [0.25, 0.3) is 0 Å². The lowest BCUT2D eigenvalue weighted by atomic mass is 10.0. The highest BCUT2D eigenvalue weighted by molar-refractivity contribution is 7.80. The summed E-state index contributed by atoms with van der Waals surface area (Å²) in [7, 11) is 0. The molecule has 0 bridgehead atoms. The Kier molecular flexibility index (Phi) is 6.42. The molecule has 0 aliphatic heterocycles. The van der Waals surface area contributed by atoms with Crippen molar-refractivity contribution in [2.45, 2.75) is 26.7 Å². The fourth-order valence-corrected chi connectivity index (χ4v) is 1.09. The molecular weight excluding hydrogens is 158 g/mol. The zero-order valence-corrected chi connectivity index (χ0v) is 8.16. The third-order valence-electron chi connectivity index (χ3n) is 1.77. The van der Waals surface area contributed by atoms with Crippen molar-refractivity contribution in [3.8, 4) is 0 Å². The molecule has 0 spiro atoms. The van der Waals surface area contributed by atoms with Gasteiger partial charge >= 0.3 is 0 Å². The molecule has 0 unspecified atom stereocenters. The Labute approximate surface area is 74.2 Å². The molecule has 1 N–H and O–H groups in total. The number of thiol groups is 1. The molecule has 1 amide bonds. The predicted molar refractivity (Wildman–Crippen MR) is 50.9 cm³/mol. The van der Waals surface area contributed by atoms with Crippen LogP contribution < -0.4 is 5.32 Å². The zero-order chi connectivity index (χ0) is 8.69. The number of carbonyl (C=O) groups is 1. The minimum absolute atomic E-state index is 0.170. The summed E-state index contributed by atoms with van der Waals surface area (Å²) in [5.41, 5.74) is 0. The van der Waals surface area contributed by atoms with Gasteiger partial charge in [-0.3, -0.25) is 4.79 Å². The minimum Gasteiger partial charge on any atom is -0.355 e. The van der Waals surface area contributed by atoms with E-state index in [2.05, 4.69) is 17.9 Å². The first-order valence-electron chi connectivity index (χ1n) is 4.14. The Morgan fingerprint density at radius 3 is 2.36 bits per heavy atom. The van der Waals surface area contributed by atoms with Crippen molar-refractivity contribution in [3.05, 3.63) is 0 Å². The van der Waals surface area contributed by atoms with Crippen LogP contribution in [0, 0.1) is 5.92 Å². The minimum atomic E-state index is 0.170. The summed E-state index contributed by atoms with van der Waals surface area (Å²) < 4.78 is 0. The van der Waals surface area contributed by atoms with Gasteiger partial charge in [0.2, 0.25) is 5.91 Å². The van der Waals surface area contributed by atoms with Crippen LogP contribution in [0.3, 0.4) is 0 Å². The average Bonchev–Trinajstić information content (AvgIpc) is 2.03. The van der Waals surface area contributed by atoms with Crippen LogP contribution in [-0.4, -0.2) is 18.2 Å². The highest BCUT2D eigenvalue weighted by Gasteiger charge is 2.12. The lowest BCUT2D eigenvalue weighted by molar-refractivity contribution is -0.125. The van der Waals surface area contributed by atoms with Crippen molar-refractivity contribution in [2.75, 3.05) is 12.3 Å². The van der Waals surface area contributed by atoms with Gasteiger partial charge in [-0.15, -0.1) is 0 Å². The van der Waals surface area contributed by atoms with Gasteiger partial charge in [0.25, 0.3) is 0 Å². The predicted octanol–water partition coefficient (Wildman–Crippen LogP) is 1.47. The smallest absolute Gasteiger partial charge is 0.223 e. The van der Waals surface area contributed by atoms with E-state index in [1.807, 2.05) is 13.8 Å². The highest BCUT2D eigenvalue weighted by Crippen LogP contribution is 2.06. The number of hydrogen-bond donors (Lipinski definition) is 2. The number of nitrogens with one attached hydrogen (secondary N) is 1. The molecule has 11 heavy (non-hydrogen) atoms. The van der Waals surface area contributed by atoms with Crippen LogP contribution in [0.5, 0.6) is 0 Å². The second kappa shape index (κ2) is 6.53. The molecule has 0 saturated carbocycles. The molecule has 0 aromatic carbocycles. The van der Waals surface area contributed by atoms with E-state index in [1.165, 1.54) is 0 Å². The molecule has 0 aliphatic rings. The van der Waals surface area contributed by atoms with E-state index in [4.69, 9.17) is 0 Å². The molecular formula is C8H17NOS. The van der Waals surface area contributed by atoms with Crippen molar-refractivity contribution in [3.63, 3.8) is 0 Å². The Hall–Kier alpha value is -0.180. The third kappa shape index (κ3) is 4.30. The van der Waals surface area contributed by atoms with Crippen molar-refractivity contribution in [1.29, 1.82) is 0 Å². The lowest BCUT2D eigenvalue weighted by Gasteiger charge is -2.11. The Morgan fingerprint density at radius 2 is 2.00 bits per heavy atom. The second-order valence-electron chi connectivity index (χ2n) is 2.53. The van der Waals surface area contributed by atoms with E-state index in [0.29, 0.717) is 12.3 Å². The van der Waals surface area contributed by atoms with E-state index in [-0.39, 0.29) is 11.8 Å². The van der Waals surface area contributed by atoms with Gasteiger partial charge in [-0.1, -0.05) is 13.8 Å². The molecule has 66 valence electrons. The molecule has 0 radical (unpaired) electrons. The molecule has 0 rings (SSSR count). The summed E-state index contributed by atoms with van der Waals surface area (Å²) in [6.45, 7) is 4.75. The van der Waals surface area contributed by atoms with Crippen molar-refractivity contribution in [2.24, 2.45) is 5.92 Å². The van der Waals surface area contributed by atoms with Gasteiger partial charge in [0.1, 0.15) is 0 Å². The maximum atomic E-state index is 11.2. The SMILES string of the molecule is CCC(CC)C(=O)NCCS. The molecule has 0 atom stereocenters. The fraction of sp³-hybridized carbons (Fsp3) is 0.875. The lowest BCUT2D eigenvalue weighted by Crippen LogP contribution is -2.31. The van der Waals surface area contributed by atoms with E-state index < -0.39 is 0 Å². The van der Waals surface area contributed by atoms with Crippen LogP contribution >= 0.6 is 12.6 Å². The molecule has 0 saturated heterocycles. The van der Waals surface area contributed by atoms with Gasteiger partial charge in [0, 0.05) is 18.2 Å². The molecule has 0 aromatic heterocycles. The topological polar surface area (TPSA) is 29.1 Å². The van der Waals surface area contributed by atoms with Gasteiger partial charge in [-0.25, -0.2) is 0 Å². The molecule has 0 aliphatic carbocycles. The number of hydrogen-bond acceptors (Lipinski definition) is 2. The van der Waals surface area contributed by atoms with Crippen molar-refractivity contribution >= 4 is 18.5 Å². The first-order chi connectivity index (χ1) is 5.26. The van der Waals surface area contributed by atoms with Gasteiger partial charge in [0.15, 0.2) is 0 Å². The van der Waals surface area contributed by atoms with E-state index in [0.717, 1.165) is 12.8 Å². The van der Waals surface area contributed by atoms with Gasteiger partial charge in [-0.2, -0.15) is 12.6 Å². The number of rotatable bonds is 5. The van der Waals surface area contributed by atoms with E-state index in [9.17, 15) is 4.79 Å². The van der Waals surface area contributed by atoms with Gasteiger partial charge < -0.3 is 5.32 Å². The van der Waals surface area contributed by atoms with Crippen LogP contribution in [0.1, 0.15) is 26.7 Å².